The molecule has 12 nitrogen and oxygen atoms in total. The van der Waals surface area contributed by atoms with Crippen molar-refractivity contribution in [1.29, 1.82) is 0 Å². The fraction of sp³-hybridized carbons (Fsp3) is 0.176. The highest BCUT2D eigenvalue weighted by Gasteiger charge is 2.24. The predicted molar refractivity (Wildman–Crippen MR) is 170 cm³/mol. The van der Waals surface area contributed by atoms with Gasteiger partial charge in [-0.05, 0) is 71.8 Å². The van der Waals surface area contributed by atoms with Crippen LogP contribution in [0.15, 0.2) is 91.0 Å². The van der Waals surface area contributed by atoms with E-state index in [2.05, 4.69) is 21.5 Å². The lowest BCUT2D eigenvalue weighted by atomic mass is 10.0. The third kappa shape index (κ3) is 8.76. The van der Waals surface area contributed by atoms with Crippen molar-refractivity contribution >= 4 is 29.3 Å². The highest BCUT2D eigenvalue weighted by Crippen LogP contribution is 2.27. The largest absolute Gasteiger partial charge is 0.508 e. The molecule has 46 heavy (non-hydrogen) atoms. The van der Waals surface area contributed by atoms with Crippen LogP contribution in [-0.2, 0) is 22.4 Å². The number of benzene rings is 4. The first-order chi connectivity index (χ1) is 22.2. The monoisotopic (exact) mass is 626 g/mol. The summed E-state index contributed by atoms with van der Waals surface area (Å²) in [5.41, 5.74) is 6.71. The summed E-state index contributed by atoms with van der Waals surface area (Å²) in [6.45, 7) is 0. The van der Waals surface area contributed by atoms with E-state index in [0.29, 0.717) is 33.9 Å². The first-order valence-electron chi connectivity index (χ1n) is 14.1. The van der Waals surface area contributed by atoms with E-state index in [0.717, 1.165) is 0 Å². The fourth-order valence-electron chi connectivity index (χ4n) is 4.48. The number of carbonyl (C=O) groups excluding carboxylic acids is 4. The summed E-state index contributed by atoms with van der Waals surface area (Å²) in [7, 11) is 4.51. The number of hydrogen-bond acceptors (Lipinski definition) is 8. The first kappa shape index (κ1) is 32.9. The number of aromatic hydroxyl groups is 1. The Morgan fingerprint density at radius 2 is 1.39 bits per heavy atom. The third-order valence-electron chi connectivity index (χ3n) is 6.91. The van der Waals surface area contributed by atoms with Gasteiger partial charge in [0.1, 0.15) is 17.5 Å². The third-order valence-corrected chi connectivity index (χ3v) is 6.91. The maximum absolute atomic E-state index is 13.5. The summed E-state index contributed by atoms with van der Waals surface area (Å²) >= 11 is 0. The molecule has 0 heterocycles. The standard InChI is InChI=1S/C34H34N4O8/c1-44-25-15-11-23(12-16-25)32(41)35-27-7-5-4-6-26(27)33(42)36-28(18-21-8-13-24(39)14-9-21)34(43)38-37-31(40)20-22-10-17-29(45-2)30(19-22)46-3/h4-17,19,28,39H,18,20H2,1-3H3,(H,35,41)(H,36,42)(H,37,40)(H,38,43). The maximum Gasteiger partial charge on any atom is 0.261 e. The Labute approximate surface area is 265 Å². The Hall–Kier alpha value is -6.04. The first-order valence-corrected chi connectivity index (χ1v) is 14.1. The number of nitrogens with one attached hydrogen (secondary N) is 4. The average Bonchev–Trinajstić information content (AvgIpc) is 3.07. The molecule has 0 radical (unpaired) electrons. The molecule has 5 N–H and O–H groups in total. The van der Waals surface area contributed by atoms with Gasteiger partial charge in [-0.3, -0.25) is 30.0 Å². The Morgan fingerprint density at radius 3 is 2.07 bits per heavy atom. The lowest BCUT2D eigenvalue weighted by molar-refractivity contribution is -0.129. The molecule has 0 fully saturated rings. The molecule has 0 spiro atoms. The predicted octanol–water partition coefficient (Wildman–Crippen LogP) is 3.40. The lowest BCUT2D eigenvalue weighted by Gasteiger charge is -2.20. The number of phenolic OH excluding ortho intramolecular Hbond substituents is 1. The summed E-state index contributed by atoms with van der Waals surface area (Å²) in [6.07, 6.45) is -0.0410. The number of phenols is 1. The highest BCUT2D eigenvalue weighted by atomic mass is 16.5. The molecule has 0 aromatic heterocycles. The quantitative estimate of drug-likeness (QED) is 0.149. The van der Waals surface area contributed by atoms with Gasteiger partial charge in [0.25, 0.3) is 17.7 Å². The second-order valence-electron chi connectivity index (χ2n) is 10.0. The molecule has 0 aliphatic carbocycles. The Bertz CT molecular complexity index is 1690. The zero-order valence-electron chi connectivity index (χ0n) is 25.5. The van der Waals surface area contributed by atoms with Gasteiger partial charge < -0.3 is 30.0 Å². The Balaban J connectivity index is 1.47. The van der Waals surface area contributed by atoms with Gasteiger partial charge in [-0.25, -0.2) is 0 Å². The molecule has 0 bridgehead atoms. The molecule has 0 aliphatic heterocycles. The maximum atomic E-state index is 13.5. The minimum atomic E-state index is -1.15. The summed E-state index contributed by atoms with van der Waals surface area (Å²) in [5, 5.41) is 15.1. The molecule has 0 saturated carbocycles. The van der Waals surface area contributed by atoms with Crippen molar-refractivity contribution in [1.82, 2.24) is 16.2 Å². The van der Waals surface area contributed by atoms with Crippen LogP contribution in [0.4, 0.5) is 5.69 Å². The van der Waals surface area contributed by atoms with Gasteiger partial charge in [-0.1, -0.05) is 30.3 Å². The number of rotatable bonds is 12. The molecular weight excluding hydrogens is 592 g/mol. The SMILES string of the molecule is COc1ccc(C(=O)Nc2ccccc2C(=O)NC(Cc2ccc(O)cc2)C(=O)NNC(=O)Cc2ccc(OC)c(OC)c2)cc1. The van der Waals surface area contributed by atoms with Crippen LogP contribution in [0, 0.1) is 0 Å². The normalized spacial score (nSPS) is 11.0. The van der Waals surface area contributed by atoms with Crippen LogP contribution in [-0.4, -0.2) is 56.1 Å². The second-order valence-corrected chi connectivity index (χ2v) is 10.0. The number of carbonyl (C=O) groups is 4. The zero-order valence-corrected chi connectivity index (χ0v) is 25.5. The van der Waals surface area contributed by atoms with Crippen LogP contribution in [0.2, 0.25) is 0 Å². The summed E-state index contributed by atoms with van der Waals surface area (Å²) in [4.78, 5) is 52.4. The Morgan fingerprint density at radius 1 is 0.717 bits per heavy atom. The molecule has 4 amide bonds. The summed E-state index contributed by atoms with van der Waals surface area (Å²) in [6, 6.07) is 22.9. The molecule has 1 unspecified atom stereocenters. The van der Waals surface area contributed by atoms with E-state index in [4.69, 9.17) is 14.2 Å². The van der Waals surface area contributed by atoms with Crippen LogP contribution in [0.5, 0.6) is 23.0 Å². The average molecular weight is 627 g/mol. The van der Waals surface area contributed by atoms with Crippen molar-refractivity contribution in [3.05, 3.63) is 113 Å². The molecule has 12 heteroatoms. The topological polar surface area (TPSA) is 164 Å². The van der Waals surface area contributed by atoms with Crippen molar-refractivity contribution in [3.8, 4) is 23.0 Å². The minimum absolute atomic E-state index is 0.0315. The zero-order chi connectivity index (χ0) is 33.1. The van der Waals surface area contributed by atoms with Gasteiger partial charge in [0.05, 0.1) is 39.0 Å². The van der Waals surface area contributed by atoms with Crippen molar-refractivity contribution in [2.45, 2.75) is 18.9 Å². The number of amides is 4. The van der Waals surface area contributed by atoms with Crippen LogP contribution in [0.25, 0.3) is 0 Å². The lowest BCUT2D eigenvalue weighted by Crippen LogP contribution is -2.53. The summed E-state index contributed by atoms with van der Waals surface area (Å²) < 4.78 is 15.6. The summed E-state index contributed by atoms with van der Waals surface area (Å²) in [5.74, 6) is -0.698. The highest BCUT2D eigenvalue weighted by molar-refractivity contribution is 6.09. The van der Waals surface area contributed by atoms with E-state index in [-0.39, 0.29) is 29.8 Å². The number of hydrogen-bond donors (Lipinski definition) is 5. The van der Waals surface area contributed by atoms with Gasteiger partial charge in [-0.2, -0.15) is 0 Å². The van der Waals surface area contributed by atoms with Gasteiger partial charge in [0.2, 0.25) is 5.91 Å². The fourth-order valence-corrected chi connectivity index (χ4v) is 4.48. The molecule has 1 atom stereocenters. The van der Waals surface area contributed by atoms with E-state index in [1.165, 1.54) is 39.5 Å². The van der Waals surface area contributed by atoms with E-state index in [1.54, 1.807) is 72.8 Å². The van der Waals surface area contributed by atoms with E-state index in [9.17, 15) is 24.3 Å². The van der Waals surface area contributed by atoms with Crippen molar-refractivity contribution < 1.29 is 38.5 Å². The van der Waals surface area contributed by atoms with E-state index >= 15 is 0 Å². The van der Waals surface area contributed by atoms with E-state index in [1.807, 2.05) is 0 Å². The van der Waals surface area contributed by atoms with Gasteiger partial charge >= 0.3 is 0 Å². The van der Waals surface area contributed by atoms with Crippen LogP contribution < -0.4 is 35.7 Å². The van der Waals surface area contributed by atoms with Crippen molar-refractivity contribution in [2.24, 2.45) is 0 Å². The second kappa shape index (κ2) is 15.6. The minimum Gasteiger partial charge on any atom is -0.508 e. The number of para-hydroxylation sites is 1. The smallest absolute Gasteiger partial charge is 0.261 e. The number of methoxy groups -OCH3 is 3. The number of ether oxygens (including phenoxy) is 3. The van der Waals surface area contributed by atoms with Crippen LogP contribution >= 0.6 is 0 Å². The molecule has 4 aromatic rings. The van der Waals surface area contributed by atoms with Gasteiger partial charge in [0.15, 0.2) is 11.5 Å². The molecule has 0 saturated heterocycles. The van der Waals surface area contributed by atoms with Crippen LogP contribution in [0.3, 0.4) is 0 Å². The number of hydrazine groups is 1. The molecule has 0 aliphatic rings. The molecule has 238 valence electrons. The van der Waals surface area contributed by atoms with Crippen molar-refractivity contribution in [2.75, 3.05) is 26.6 Å². The van der Waals surface area contributed by atoms with Gasteiger partial charge in [-0.15, -0.1) is 0 Å². The molecule has 4 aromatic carbocycles. The van der Waals surface area contributed by atoms with Gasteiger partial charge in [0, 0.05) is 12.0 Å². The van der Waals surface area contributed by atoms with Crippen molar-refractivity contribution in [3.63, 3.8) is 0 Å². The van der Waals surface area contributed by atoms with E-state index < -0.39 is 29.7 Å². The van der Waals surface area contributed by atoms with Crippen LogP contribution in [0.1, 0.15) is 31.8 Å². The Kier molecular flexibility index (Phi) is 11.2. The molecule has 4 rings (SSSR count). The molecular formula is C34H34N4O8. The number of anilines is 1.